The molecular weight excluding hydrogens is 538 g/mol. The van der Waals surface area contributed by atoms with E-state index in [1.165, 1.54) is 18.2 Å². The highest BCUT2D eigenvalue weighted by atomic mass is 32.2. The Bertz CT molecular complexity index is 1940. The summed E-state index contributed by atoms with van der Waals surface area (Å²) in [5, 5.41) is 17.6. The zero-order chi connectivity index (χ0) is 26.6. The van der Waals surface area contributed by atoms with Gasteiger partial charge in [0.25, 0.3) is 30.4 Å². The molecule has 0 aliphatic rings. The number of hydrogen-bond acceptors (Lipinski definition) is 10. The maximum Gasteiger partial charge on any atom is 0.297 e. The van der Waals surface area contributed by atoms with Crippen LogP contribution >= 0.6 is 0 Å². The second-order valence-corrected chi connectivity index (χ2v) is 11.5. The number of nitrogen functional groups attached to an aromatic ring is 1. The van der Waals surface area contributed by atoms with Crippen LogP contribution in [0.25, 0.3) is 21.5 Å². The maximum absolute atomic E-state index is 12.1. The Morgan fingerprint density at radius 3 is 1.92 bits per heavy atom. The zero-order valence-corrected chi connectivity index (χ0v) is 20.1. The molecule has 36 heavy (non-hydrogen) atoms. The van der Waals surface area contributed by atoms with Crippen LogP contribution in [0.5, 0.6) is 5.75 Å². The number of phenolic OH excluding ortho intramolecular Hbond substituents is 1. The lowest BCUT2D eigenvalue weighted by Crippen LogP contribution is -2.06. The van der Waals surface area contributed by atoms with Crippen molar-refractivity contribution in [1.29, 1.82) is 0 Å². The highest BCUT2D eigenvalue weighted by Crippen LogP contribution is 2.44. The maximum atomic E-state index is 12.1. The molecule has 4 aromatic carbocycles. The van der Waals surface area contributed by atoms with E-state index in [2.05, 4.69) is 10.2 Å². The summed E-state index contributed by atoms with van der Waals surface area (Å²) in [4.78, 5) is -2.70. The second-order valence-electron chi connectivity index (χ2n) is 7.41. The number of fused-ring (bicyclic) bond motifs is 2. The molecule has 0 saturated carbocycles. The first kappa shape index (κ1) is 25.4. The van der Waals surface area contributed by atoms with Crippen molar-refractivity contribution in [3.05, 3.63) is 54.6 Å². The van der Waals surface area contributed by atoms with Crippen molar-refractivity contribution in [3.8, 4) is 5.75 Å². The molecule has 0 aliphatic carbocycles. The predicted molar refractivity (Wildman–Crippen MR) is 128 cm³/mol. The van der Waals surface area contributed by atoms with Crippen molar-refractivity contribution in [3.63, 3.8) is 0 Å². The number of benzene rings is 4. The largest absolute Gasteiger partial charge is 0.505 e. The number of nitrogens with zero attached hydrogens (tertiary/aromatic N) is 2. The van der Waals surface area contributed by atoms with Crippen LogP contribution in [0.3, 0.4) is 0 Å². The monoisotopic (exact) mass is 553 g/mol. The molecule has 0 spiro atoms. The average molecular weight is 554 g/mol. The van der Waals surface area contributed by atoms with Gasteiger partial charge in [0, 0.05) is 16.2 Å². The number of aromatic hydroxyl groups is 1. The van der Waals surface area contributed by atoms with Crippen LogP contribution in [0.2, 0.25) is 0 Å². The van der Waals surface area contributed by atoms with Crippen LogP contribution in [-0.4, -0.2) is 44.0 Å². The smallest absolute Gasteiger partial charge is 0.297 e. The first-order valence-electron chi connectivity index (χ1n) is 9.55. The molecule has 0 fully saturated rings. The number of rotatable bonds is 5. The fourth-order valence-corrected chi connectivity index (χ4v) is 5.97. The minimum absolute atomic E-state index is 0.0717. The van der Waals surface area contributed by atoms with E-state index >= 15 is 0 Å². The number of phenols is 1. The Kier molecular flexibility index (Phi) is 5.98. The Morgan fingerprint density at radius 1 is 0.667 bits per heavy atom. The van der Waals surface area contributed by atoms with E-state index in [1.807, 2.05) is 0 Å². The Labute approximate surface area is 203 Å². The fraction of sp³-hybridized carbons (Fsp3) is 0. The van der Waals surface area contributed by atoms with E-state index < -0.39 is 73.2 Å². The summed E-state index contributed by atoms with van der Waals surface area (Å²) in [7, 11) is -15.1. The Morgan fingerprint density at radius 2 is 1.31 bits per heavy atom. The summed E-state index contributed by atoms with van der Waals surface area (Å²) in [6.07, 6.45) is 0. The normalized spacial score (nSPS) is 13.1. The molecular formula is C20H15N3O10S3. The van der Waals surface area contributed by atoms with Crippen molar-refractivity contribution in [2.24, 2.45) is 10.2 Å². The molecule has 0 radical (unpaired) electrons. The van der Waals surface area contributed by atoms with Gasteiger partial charge in [-0.3, -0.25) is 13.7 Å². The molecule has 13 nitrogen and oxygen atoms in total. The van der Waals surface area contributed by atoms with Gasteiger partial charge in [0.1, 0.15) is 26.1 Å². The van der Waals surface area contributed by atoms with Crippen LogP contribution in [-0.2, 0) is 30.4 Å². The van der Waals surface area contributed by atoms with E-state index in [9.17, 15) is 44.0 Å². The van der Waals surface area contributed by atoms with Crippen LogP contribution in [0, 0.1) is 0 Å². The third-order valence-electron chi connectivity index (χ3n) is 5.13. The first-order chi connectivity index (χ1) is 16.6. The van der Waals surface area contributed by atoms with Crippen molar-refractivity contribution in [2.45, 2.75) is 14.7 Å². The van der Waals surface area contributed by atoms with E-state index in [0.29, 0.717) is 11.5 Å². The Balaban J connectivity index is 2.07. The van der Waals surface area contributed by atoms with Gasteiger partial charge >= 0.3 is 0 Å². The highest BCUT2D eigenvalue weighted by Gasteiger charge is 2.27. The number of azo groups is 1. The van der Waals surface area contributed by atoms with E-state index in [4.69, 9.17) is 5.73 Å². The van der Waals surface area contributed by atoms with Gasteiger partial charge in [0.15, 0.2) is 5.75 Å². The summed E-state index contributed by atoms with van der Waals surface area (Å²) in [6.45, 7) is 0. The summed E-state index contributed by atoms with van der Waals surface area (Å²) < 4.78 is 101. The van der Waals surface area contributed by atoms with Crippen LogP contribution in [0.15, 0.2) is 79.5 Å². The van der Waals surface area contributed by atoms with Gasteiger partial charge in [-0.15, -0.1) is 10.2 Å². The minimum Gasteiger partial charge on any atom is -0.505 e. The molecule has 0 aliphatic heterocycles. The number of nitrogens with two attached hydrogens (primary N) is 1. The van der Waals surface area contributed by atoms with Crippen molar-refractivity contribution in [1.82, 2.24) is 0 Å². The SMILES string of the molecule is Nc1ccc2c(O)c(N=Nc3ccc4ccccc4c3S(=O)(=O)O)c(S(=O)(=O)O)cc2c1S(=O)(=O)O. The van der Waals surface area contributed by atoms with Gasteiger partial charge < -0.3 is 10.8 Å². The molecule has 0 unspecified atom stereocenters. The third-order valence-corrected chi connectivity index (χ3v) is 7.91. The molecule has 0 heterocycles. The molecule has 0 amide bonds. The van der Waals surface area contributed by atoms with E-state index in [0.717, 1.165) is 18.2 Å². The highest BCUT2D eigenvalue weighted by molar-refractivity contribution is 7.86. The molecule has 4 rings (SSSR count). The summed E-state index contributed by atoms with van der Waals surface area (Å²) in [5.41, 5.74) is 3.80. The molecule has 0 saturated heterocycles. The molecule has 0 aromatic heterocycles. The quantitative estimate of drug-likeness (QED) is 0.136. The minimum atomic E-state index is -5.20. The van der Waals surface area contributed by atoms with Crippen molar-refractivity contribution in [2.75, 3.05) is 5.73 Å². The molecule has 0 atom stereocenters. The van der Waals surface area contributed by atoms with Gasteiger partial charge in [-0.05, 0) is 29.7 Å². The van der Waals surface area contributed by atoms with E-state index in [-0.39, 0.29) is 10.8 Å². The molecule has 16 heteroatoms. The first-order valence-corrected chi connectivity index (χ1v) is 13.9. The van der Waals surface area contributed by atoms with Gasteiger partial charge in [-0.1, -0.05) is 30.3 Å². The lowest BCUT2D eigenvalue weighted by Gasteiger charge is -2.12. The van der Waals surface area contributed by atoms with Gasteiger partial charge in [-0.25, -0.2) is 0 Å². The molecule has 6 N–H and O–H groups in total. The van der Waals surface area contributed by atoms with Gasteiger partial charge in [0.05, 0.1) is 5.69 Å². The average Bonchev–Trinajstić information content (AvgIpc) is 2.75. The lowest BCUT2D eigenvalue weighted by molar-refractivity contribution is 0.471. The van der Waals surface area contributed by atoms with Crippen LogP contribution in [0.1, 0.15) is 0 Å². The van der Waals surface area contributed by atoms with Gasteiger partial charge in [-0.2, -0.15) is 25.3 Å². The summed E-state index contributed by atoms with van der Waals surface area (Å²) >= 11 is 0. The summed E-state index contributed by atoms with van der Waals surface area (Å²) in [5.74, 6) is -0.983. The van der Waals surface area contributed by atoms with Crippen LogP contribution in [0.4, 0.5) is 17.1 Å². The van der Waals surface area contributed by atoms with Crippen molar-refractivity contribution >= 4 is 69.0 Å². The topological polar surface area (TPSA) is 234 Å². The van der Waals surface area contributed by atoms with Gasteiger partial charge in [0.2, 0.25) is 0 Å². The lowest BCUT2D eigenvalue weighted by atomic mass is 10.1. The second kappa shape index (κ2) is 8.47. The van der Waals surface area contributed by atoms with E-state index in [1.54, 1.807) is 12.1 Å². The van der Waals surface area contributed by atoms with Crippen molar-refractivity contribution < 1.29 is 44.0 Å². The predicted octanol–water partition coefficient (Wildman–Crippen LogP) is 3.44. The summed E-state index contributed by atoms with van der Waals surface area (Å²) in [6, 6.07) is 11.4. The Hall–Kier alpha value is -3.67. The number of hydrogen-bond donors (Lipinski definition) is 5. The standard InChI is InChI=1S/C20H15N3O10S3/c21-14-7-6-12-13(19(14)35(28,29)30)9-16(34(25,26)27)17(18(12)24)23-22-15-8-5-10-3-1-2-4-11(10)20(15)36(31,32)33/h1-9,24H,21H2,(H,25,26,27)(H,28,29,30)(H,31,32,33). The fourth-order valence-electron chi connectivity index (χ4n) is 3.68. The third kappa shape index (κ3) is 4.48. The molecule has 0 bridgehead atoms. The molecule has 188 valence electrons. The zero-order valence-electron chi connectivity index (χ0n) is 17.6. The number of anilines is 1. The van der Waals surface area contributed by atoms with Crippen LogP contribution < -0.4 is 5.73 Å². The molecule has 4 aromatic rings.